The van der Waals surface area contributed by atoms with E-state index in [4.69, 9.17) is 16.3 Å². The molecule has 0 amide bonds. The second kappa shape index (κ2) is 9.67. The van der Waals surface area contributed by atoms with Crippen molar-refractivity contribution in [2.75, 3.05) is 5.32 Å². The van der Waals surface area contributed by atoms with E-state index in [-0.39, 0.29) is 28.7 Å². The van der Waals surface area contributed by atoms with Crippen LogP contribution >= 0.6 is 11.6 Å². The molecule has 0 heterocycles. The van der Waals surface area contributed by atoms with E-state index in [0.717, 1.165) is 0 Å². The summed E-state index contributed by atoms with van der Waals surface area (Å²) in [5.41, 5.74) is 1.02. The van der Waals surface area contributed by atoms with Crippen LogP contribution < -0.4 is 10.1 Å². The first kappa shape index (κ1) is 21.0. The molecule has 0 saturated heterocycles. The Kier molecular flexibility index (Phi) is 6.77. The number of anilines is 1. The summed E-state index contributed by atoms with van der Waals surface area (Å²) in [6, 6.07) is 16.7. The van der Waals surface area contributed by atoms with Crippen LogP contribution in [0.15, 0.2) is 79.0 Å². The lowest BCUT2D eigenvalue weighted by molar-refractivity contribution is -0.384. The van der Waals surface area contributed by atoms with Crippen LogP contribution in [0.3, 0.4) is 0 Å². The monoisotopic (exact) mass is 426 g/mol. The Morgan fingerprint density at radius 1 is 1.13 bits per heavy atom. The molecule has 6 nitrogen and oxygen atoms in total. The van der Waals surface area contributed by atoms with Gasteiger partial charge in [0.2, 0.25) is 0 Å². The first-order chi connectivity index (χ1) is 14.4. The fraction of sp³-hybridized carbons (Fsp3) is 0.0455. The predicted octanol–water partition coefficient (Wildman–Crippen LogP) is 5.77. The van der Waals surface area contributed by atoms with Gasteiger partial charge in [0, 0.05) is 41.2 Å². The van der Waals surface area contributed by atoms with Gasteiger partial charge >= 0.3 is 0 Å². The SMILES string of the molecule is O=C(C=CNc1cccc([N+](=O)[O-])c1)c1cccc(OCc2c(F)cccc2Cl)c1. The van der Waals surface area contributed by atoms with Crippen molar-refractivity contribution in [2.24, 2.45) is 0 Å². The van der Waals surface area contributed by atoms with Gasteiger partial charge in [-0.1, -0.05) is 35.9 Å². The molecule has 0 aliphatic carbocycles. The third kappa shape index (κ3) is 5.42. The molecule has 0 saturated carbocycles. The molecule has 0 fully saturated rings. The highest BCUT2D eigenvalue weighted by molar-refractivity contribution is 6.31. The minimum Gasteiger partial charge on any atom is -0.489 e. The molecule has 0 atom stereocenters. The van der Waals surface area contributed by atoms with Crippen LogP contribution in [0.25, 0.3) is 0 Å². The number of ketones is 1. The van der Waals surface area contributed by atoms with Gasteiger partial charge in [0.25, 0.3) is 5.69 Å². The molecule has 0 aliphatic heterocycles. The molecule has 3 aromatic carbocycles. The number of ether oxygens (including phenoxy) is 1. The highest BCUT2D eigenvalue weighted by Crippen LogP contribution is 2.22. The second-order valence-corrected chi connectivity index (χ2v) is 6.57. The van der Waals surface area contributed by atoms with Gasteiger partial charge in [-0.15, -0.1) is 0 Å². The number of allylic oxidation sites excluding steroid dienone is 1. The number of nitrogens with zero attached hydrogens (tertiary/aromatic N) is 1. The number of halogens is 2. The molecule has 0 unspecified atom stereocenters. The molecular formula is C22H16ClFN2O4. The summed E-state index contributed by atoms with van der Waals surface area (Å²) >= 11 is 5.98. The van der Waals surface area contributed by atoms with Gasteiger partial charge in [0.1, 0.15) is 18.2 Å². The van der Waals surface area contributed by atoms with Crippen molar-refractivity contribution in [1.29, 1.82) is 0 Å². The van der Waals surface area contributed by atoms with E-state index in [0.29, 0.717) is 17.0 Å². The summed E-state index contributed by atoms with van der Waals surface area (Å²) in [7, 11) is 0. The standard InChI is InChI=1S/C22H16ClFN2O4/c23-20-8-3-9-21(24)19(20)14-30-18-7-1-4-15(12-18)22(27)10-11-25-16-5-2-6-17(13-16)26(28)29/h1-13,25H,14H2. The molecular weight excluding hydrogens is 411 g/mol. The van der Waals surface area contributed by atoms with E-state index in [1.54, 1.807) is 36.4 Å². The Labute approximate surface area is 176 Å². The average Bonchev–Trinajstić information content (AvgIpc) is 2.74. The summed E-state index contributed by atoms with van der Waals surface area (Å²) in [6.07, 6.45) is 2.69. The summed E-state index contributed by atoms with van der Waals surface area (Å²) in [5.74, 6) is -0.382. The molecule has 0 radical (unpaired) electrons. The van der Waals surface area contributed by atoms with Crippen LogP contribution in [0.5, 0.6) is 5.75 Å². The van der Waals surface area contributed by atoms with Crippen molar-refractivity contribution < 1.29 is 18.8 Å². The molecule has 8 heteroatoms. The topological polar surface area (TPSA) is 81.5 Å². The Morgan fingerprint density at radius 3 is 2.67 bits per heavy atom. The second-order valence-electron chi connectivity index (χ2n) is 6.17. The minimum atomic E-state index is -0.500. The number of non-ortho nitro benzene ring substituents is 1. The molecule has 3 rings (SSSR count). The molecule has 0 spiro atoms. The van der Waals surface area contributed by atoms with Crippen molar-refractivity contribution in [1.82, 2.24) is 0 Å². The van der Waals surface area contributed by atoms with Crippen LogP contribution in [0.2, 0.25) is 5.02 Å². The van der Waals surface area contributed by atoms with Gasteiger partial charge in [-0.2, -0.15) is 0 Å². The first-order valence-electron chi connectivity index (χ1n) is 8.81. The Morgan fingerprint density at radius 2 is 1.90 bits per heavy atom. The molecule has 3 aromatic rings. The lowest BCUT2D eigenvalue weighted by Crippen LogP contribution is -2.01. The number of rotatable bonds is 8. The number of carbonyl (C=O) groups excluding carboxylic acids is 1. The lowest BCUT2D eigenvalue weighted by atomic mass is 10.1. The van der Waals surface area contributed by atoms with Crippen molar-refractivity contribution in [2.45, 2.75) is 6.61 Å². The Bertz CT molecular complexity index is 1100. The zero-order valence-electron chi connectivity index (χ0n) is 15.5. The van der Waals surface area contributed by atoms with Gasteiger partial charge in [0.05, 0.1) is 9.95 Å². The highest BCUT2D eigenvalue weighted by atomic mass is 35.5. The summed E-state index contributed by atoms with van der Waals surface area (Å²) in [5, 5.41) is 13.9. The van der Waals surface area contributed by atoms with Gasteiger partial charge < -0.3 is 10.1 Å². The largest absolute Gasteiger partial charge is 0.489 e. The maximum Gasteiger partial charge on any atom is 0.271 e. The number of hydrogen-bond acceptors (Lipinski definition) is 5. The van der Waals surface area contributed by atoms with Crippen molar-refractivity contribution in [3.63, 3.8) is 0 Å². The fourth-order valence-electron chi connectivity index (χ4n) is 2.58. The van der Waals surface area contributed by atoms with E-state index in [1.165, 1.54) is 42.6 Å². The van der Waals surface area contributed by atoms with E-state index in [9.17, 15) is 19.3 Å². The van der Waals surface area contributed by atoms with Crippen LogP contribution in [0.1, 0.15) is 15.9 Å². The number of nitrogens with one attached hydrogen (secondary N) is 1. The van der Waals surface area contributed by atoms with Crippen molar-refractivity contribution in [3.8, 4) is 5.75 Å². The van der Waals surface area contributed by atoms with Crippen molar-refractivity contribution >= 4 is 28.8 Å². The van der Waals surface area contributed by atoms with Gasteiger partial charge in [-0.25, -0.2) is 4.39 Å². The molecule has 152 valence electrons. The quantitative estimate of drug-likeness (QED) is 0.214. The number of carbonyl (C=O) groups is 1. The Hall–Kier alpha value is -3.71. The summed E-state index contributed by atoms with van der Waals surface area (Å²) in [4.78, 5) is 22.7. The van der Waals surface area contributed by atoms with Crippen LogP contribution in [0, 0.1) is 15.9 Å². The maximum atomic E-state index is 13.8. The number of nitro benzene ring substituents is 1. The van der Waals surface area contributed by atoms with Crippen LogP contribution in [-0.4, -0.2) is 10.7 Å². The van der Waals surface area contributed by atoms with Gasteiger partial charge in [-0.3, -0.25) is 14.9 Å². The molecule has 30 heavy (non-hydrogen) atoms. The van der Waals surface area contributed by atoms with Crippen LogP contribution in [-0.2, 0) is 6.61 Å². The lowest BCUT2D eigenvalue weighted by Gasteiger charge is -2.09. The van der Waals surface area contributed by atoms with Gasteiger partial charge in [0.15, 0.2) is 5.78 Å². The third-order valence-electron chi connectivity index (χ3n) is 4.11. The normalized spacial score (nSPS) is 10.7. The molecule has 0 aliphatic rings. The molecule has 1 N–H and O–H groups in total. The minimum absolute atomic E-state index is 0.0560. The summed E-state index contributed by atoms with van der Waals surface area (Å²) < 4.78 is 19.4. The van der Waals surface area contributed by atoms with E-state index < -0.39 is 10.7 Å². The Balaban J connectivity index is 1.63. The predicted molar refractivity (Wildman–Crippen MR) is 112 cm³/mol. The fourth-order valence-corrected chi connectivity index (χ4v) is 2.80. The zero-order valence-corrected chi connectivity index (χ0v) is 16.3. The number of hydrogen-bond donors (Lipinski definition) is 1. The third-order valence-corrected chi connectivity index (χ3v) is 4.46. The van der Waals surface area contributed by atoms with Gasteiger partial charge in [-0.05, 0) is 30.3 Å². The smallest absolute Gasteiger partial charge is 0.271 e. The average molecular weight is 427 g/mol. The molecule has 0 aromatic heterocycles. The highest BCUT2D eigenvalue weighted by Gasteiger charge is 2.09. The van der Waals surface area contributed by atoms with E-state index in [1.807, 2.05) is 0 Å². The number of nitro groups is 1. The van der Waals surface area contributed by atoms with Crippen LogP contribution in [0.4, 0.5) is 15.8 Å². The number of benzene rings is 3. The maximum absolute atomic E-state index is 13.8. The zero-order chi connectivity index (χ0) is 21.5. The molecule has 0 bridgehead atoms. The van der Waals surface area contributed by atoms with Crippen molar-refractivity contribution in [3.05, 3.63) is 111 Å². The van der Waals surface area contributed by atoms with E-state index in [2.05, 4.69) is 5.32 Å². The first-order valence-corrected chi connectivity index (χ1v) is 9.19. The van der Waals surface area contributed by atoms with E-state index >= 15 is 0 Å². The summed E-state index contributed by atoms with van der Waals surface area (Å²) in [6.45, 7) is -0.0761.